The molecule has 8 nitrogen and oxygen atoms in total. The quantitative estimate of drug-likeness (QED) is 0.397. The summed E-state index contributed by atoms with van der Waals surface area (Å²) in [5.74, 6) is 4.47. The maximum absolute atomic E-state index is 12.8. The summed E-state index contributed by atoms with van der Waals surface area (Å²) in [6.07, 6.45) is 3.71. The fourth-order valence-corrected chi connectivity index (χ4v) is 2.90. The highest BCUT2D eigenvalue weighted by molar-refractivity contribution is 5.97. The number of amides is 1. The Kier molecular flexibility index (Phi) is 11.3. The molecule has 0 aromatic heterocycles. The van der Waals surface area contributed by atoms with Crippen LogP contribution in [0.3, 0.4) is 0 Å². The lowest BCUT2D eigenvalue weighted by molar-refractivity contribution is -0.159. The Morgan fingerprint density at radius 1 is 1.12 bits per heavy atom. The van der Waals surface area contributed by atoms with Gasteiger partial charge in [0.15, 0.2) is 0 Å². The highest BCUT2D eigenvalue weighted by Gasteiger charge is 2.40. The molecule has 8 heteroatoms. The molecule has 0 fully saturated rings. The Balaban J connectivity index is 2.81. The molecule has 0 bridgehead atoms. The zero-order valence-corrected chi connectivity index (χ0v) is 20.8. The van der Waals surface area contributed by atoms with E-state index in [0.717, 1.165) is 0 Å². The lowest BCUT2D eigenvalue weighted by Crippen LogP contribution is -2.51. The van der Waals surface area contributed by atoms with E-state index >= 15 is 0 Å². The van der Waals surface area contributed by atoms with Gasteiger partial charge in [-0.25, -0.2) is 4.79 Å². The maximum atomic E-state index is 12.8. The third kappa shape index (κ3) is 10.5. The van der Waals surface area contributed by atoms with Crippen LogP contribution in [0.2, 0.25) is 0 Å². The van der Waals surface area contributed by atoms with Gasteiger partial charge in [0.05, 0.1) is 20.1 Å². The second-order valence-electron chi connectivity index (χ2n) is 9.21. The second kappa shape index (κ2) is 13.4. The lowest BCUT2D eigenvalue weighted by Gasteiger charge is -2.33. The van der Waals surface area contributed by atoms with E-state index in [4.69, 9.17) is 19.3 Å². The molecule has 0 aliphatic heterocycles. The van der Waals surface area contributed by atoms with Crippen molar-refractivity contribution in [3.8, 4) is 17.6 Å². The SMILES string of the molecule is COC(=O)[C@@H](NC(=O)c1ccc(OC/C=C/C#CCCO)cc1)C(C)(C)CC(=O)OC(C)(C)C. The molecule has 2 N–H and O–H groups in total. The first-order chi connectivity index (χ1) is 15.9. The van der Waals surface area contributed by atoms with Gasteiger partial charge in [-0.1, -0.05) is 25.7 Å². The van der Waals surface area contributed by atoms with Gasteiger partial charge in [0.1, 0.15) is 24.0 Å². The van der Waals surface area contributed by atoms with Gasteiger partial charge in [-0.15, -0.1) is 0 Å². The Morgan fingerprint density at radius 2 is 1.76 bits per heavy atom. The molecule has 0 aliphatic carbocycles. The number of carbonyl (C=O) groups is 3. The highest BCUT2D eigenvalue weighted by Crippen LogP contribution is 2.28. The molecule has 0 unspecified atom stereocenters. The van der Waals surface area contributed by atoms with E-state index in [1.165, 1.54) is 7.11 Å². The van der Waals surface area contributed by atoms with Crippen LogP contribution in [0, 0.1) is 17.3 Å². The molecule has 186 valence electrons. The summed E-state index contributed by atoms with van der Waals surface area (Å²) in [6, 6.07) is 5.36. The molecule has 34 heavy (non-hydrogen) atoms. The number of hydrogen-bond acceptors (Lipinski definition) is 7. The predicted octanol–water partition coefficient (Wildman–Crippen LogP) is 3.04. The molecular weight excluding hydrogens is 438 g/mol. The van der Waals surface area contributed by atoms with Gasteiger partial charge in [0.25, 0.3) is 5.91 Å². The van der Waals surface area contributed by atoms with Gasteiger partial charge in [-0.05, 0) is 57.2 Å². The van der Waals surface area contributed by atoms with E-state index in [1.54, 1.807) is 71.0 Å². The minimum absolute atomic E-state index is 0.0267. The molecule has 0 aliphatic rings. The number of aliphatic hydroxyl groups excluding tert-OH is 1. The van der Waals surface area contributed by atoms with Crippen molar-refractivity contribution >= 4 is 17.8 Å². The van der Waals surface area contributed by atoms with E-state index in [2.05, 4.69) is 17.2 Å². The number of carbonyl (C=O) groups excluding carboxylic acids is 3. The minimum atomic E-state index is -1.06. The molecule has 1 aromatic rings. The van der Waals surface area contributed by atoms with E-state index in [9.17, 15) is 14.4 Å². The van der Waals surface area contributed by atoms with Gasteiger partial charge < -0.3 is 24.6 Å². The normalized spacial score (nSPS) is 12.3. The zero-order chi connectivity index (χ0) is 25.8. The third-order valence-corrected chi connectivity index (χ3v) is 4.52. The fourth-order valence-electron chi connectivity index (χ4n) is 2.90. The van der Waals surface area contributed by atoms with Crippen molar-refractivity contribution in [3.05, 3.63) is 42.0 Å². The summed E-state index contributed by atoms with van der Waals surface area (Å²) >= 11 is 0. The van der Waals surface area contributed by atoms with Crippen LogP contribution in [0.15, 0.2) is 36.4 Å². The monoisotopic (exact) mass is 473 g/mol. The summed E-state index contributed by atoms with van der Waals surface area (Å²) in [5, 5.41) is 11.3. The molecule has 0 saturated carbocycles. The van der Waals surface area contributed by atoms with Crippen molar-refractivity contribution < 1.29 is 33.7 Å². The first kappa shape index (κ1) is 28.7. The number of allylic oxidation sites excluding steroid dienone is 1. The molecule has 0 radical (unpaired) electrons. The summed E-state index contributed by atoms with van der Waals surface area (Å²) in [7, 11) is 1.23. The van der Waals surface area contributed by atoms with Crippen molar-refractivity contribution in [2.75, 3.05) is 20.3 Å². The van der Waals surface area contributed by atoms with Crippen molar-refractivity contribution in [1.29, 1.82) is 0 Å². The third-order valence-electron chi connectivity index (χ3n) is 4.52. The average molecular weight is 474 g/mol. The molecule has 0 spiro atoms. The smallest absolute Gasteiger partial charge is 0.328 e. The number of ether oxygens (including phenoxy) is 3. The number of benzene rings is 1. The summed E-state index contributed by atoms with van der Waals surface area (Å²) in [5.41, 5.74) is -1.30. The van der Waals surface area contributed by atoms with Crippen LogP contribution in [-0.2, 0) is 19.1 Å². The van der Waals surface area contributed by atoms with E-state index in [0.29, 0.717) is 24.3 Å². The Hall–Kier alpha value is -3.31. The van der Waals surface area contributed by atoms with Crippen molar-refractivity contribution in [2.45, 2.75) is 59.1 Å². The van der Waals surface area contributed by atoms with Crippen LogP contribution in [0.5, 0.6) is 5.75 Å². The first-order valence-electron chi connectivity index (χ1n) is 11.0. The van der Waals surface area contributed by atoms with Gasteiger partial charge in [0.2, 0.25) is 0 Å². The summed E-state index contributed by atoms with van der Waals surface area (Å²) in [4.78, 5) is 37.6. The van der Waals surface area contributed by atoms with Gasteiger partial charge >= 0.3 is 11.9 Å². The Morgan fingerprint density at radius 3 is 2.32 bits per heavy atom. The second-order valence-corrected chi connectivity index (χ2v) is 9.21. The Bertz CT molecular complexity index is 915. The van der Waals surface area contributed by atoms with Crippen LogP contribution >= 0.6 is 0 Å². The van der Waals surface area contributed by atoms with Crippen LogP contribution in [-0.4, -0.2) is 54.9 Å². The number of esters is 2. The van der Waals surface area contributed by atoms with Crippen LogP contribution in [0.1, 0.15) is 57.8 Å². The molecular formula is C26H35NO7. The Labute approximate surface area is 201 Å². The predicted molar refractivity (Wildman–Crippen MR) is 128 cm³/mol. The lowest BCUT2D eigenvalue weighted by atomic mass is 9.81. The topological polar surface area (TPSA) is 111 Å². The average Bonchev–Trinajstić information content (AvgIpc) is 2.74. The van der Waals surface area contributed by atoms with Crippen molar-refractivity contribution in [3.63, 3.8) is 0 Å². The molecule has 0 saturated heterocycles. The minimum Gasteiger partial charge on any atom is -0.490 e. The van der Waals surface area contributed by atoms with E-state index in [-0.39, 0.29) is 13.0 Å². The molecule has 1 rings (SSSR count). The van der Waals surface area contributed by atoms with Gasteiger partial charge in [0, 0.05) is 17.4 Å². The van der Waals surface area contributed by atoms with Crippen LogP contribution in [0.25, 0.3) is 0 Å². The molecule has 0 heterocycles. The zero-order valence-electron chi connectivity index (χ0n) is 20.8. The largest absolute Gasteiger partial charge is 0.490 e. The number of rotatable bonds is 10. The number of nitrogens with one attached hydrogen (secondary N) is 1. The molecule has 1 atom stereocenters. The molecule has 1 amide bonds. The van der Waals surface area contributed by atoms with Crippen LogP contribution in [0.4, 0.5) is 0 Å². The standard InChI is InChI=1S/C26H35NO7/c1-25(2,3)34-21(29)18-26(4,5)22(24(31)32-6)27-23(30)19-12-14-20(15-13-19)33-17-11-9-7-8-10-16-28/h9,11-15,22,28H,10,16-18H2,1-6H3,(H,27,30)/b11-9+/t22-/m1/s1. The van der Waals surface area contributed by atoms with E-state index < -0.39 is 34.9 Å². The maximum Gasteiger partial charge on any atom is 0.328 e. The van der Waals surface area contributed by atoms with Gasteiger partial charge in [-0.2, -0.15) is 0 Å². The number of hydrogen-bond donors (Lipinski definition) is 2. The van der Waals surface area contributed by atoms with Crippen molar-refractivity contribution in [1.82, 2.24) is 5.32 Å². The van der Waals surface area contributed by atoms with Crippen LogP contribution < -0.4 is 10.1 Å². The number of methoxy groups -OCH3 is 1. The highest BCUT2D eigenvalue weighted by atomic mass is 16.6. The fraction of sp³-hybridized carbons (Fsp3) is 0.500. The first-order valence-corrected chi connectivity index (χ1v) is 11.0. The number of aliphatic hydroxyl groups is 1. The van der Waals surface area contributed by atoms with Crippen molar-refractivity contribution in [2.24, 2.45) is 5.41 Å². The van der Waals surface area contributed by atoms with Gasteiger partial charge in [-0.3, -0.25) is 9.59 Å². The molecule has 1 aromatic carbocycles. The van der Waals surface area contributed by atoms with E-state index in [1.807, 2.05) is 0 Å². The summed E-state index contributed by atoms with van der Waals surface area (Å²) in [6.45, 7) is 8.98. The summed E-state index contributed by atoms with van der Waals surface area (Å²) < 4.78 is 15.8.